The fraction of sp³-hybridized carbons (Fsp3) is 0.718. The molecular weight excluding hydrogens is 580 g/mol. The molecule has 1 aromatic carbocycles. The van der Waals surface area contributed by atoms with Crippen molar-refractivity contribution in [1.82, 2.24) is 0 Å². The van der Waals surface area contributed by atoms with Gasteiger partial charge in [0.25, 0.3) is 0 Å². The second-order valence-corrected chi connectivity index (χ2v) is 16.7. The molecule has 0 bridgehead atoms. The summed E-state index contributed by atoms with van der Waals surface area (Å²) in [5, 5.41) is 46.3. The van der Waals surface area contributed by atoms with Crippen molar-refractivity contribution in [3.63, 3.8) is 0 Å². The summed E-state index contributed by atoms with van der Waals surface area (Å²) in [6, 6.07) is 10.4. The maximum Gasteiger partial charge on any atom is 0.159 e. The highest BCUT2D eigenvalue weighted by Crippen LogP contribution is 2.69. The van der Waals surface area contributed by atoms with E-state index in [4.69, 9.17) is 9.47 Å². The van der Waals surface area contributed by atoms with Crippen LogP contribution in [-0.4, -0.2) is 74.5 Å². The van der Waals surface area contributed by atoms with E-state index >= 15 is 0 Å². The lowest BCUT2D eigenvalue weighted by atomic mass is 9.45. The number of carbonyl (C=O) groups excluding carboxylic acids is 1. The van der Waals surface area contributed by atoms with E-state index in [0.717, 1.165) is 24.8 Å². The van der Waals surface area contributed by atoms with Crippen LogP contribution in [0, 0.1) is 40.4 Å². The highest BCUT2D eigenvalue weighted by atomic mass is 16.5. The van der Waals surface area contributed by atoms with E-state index in [1.54, 1.807) is 13.0 Å². The van der Waals surface area contributed by atoms with Crippen molar-refractivity contribution >= 4 is 5.78 Å². The maximum atomic E-state index is 14.1. The molecule has 7 nitrogen and oxygen atoms in total. The Morgan fingerprint density at radius 2 is 1.76 bits per heavy atom. The number of fused-ring (bicyclic) bond motifs is 5. The van der Waals surface area contributed by atoms with Crippen molar-refractivity contribution in [2.45, 2.75) is 121 Å². The zero-order chi connectivity index (χ0) is 32.9. The molecule has 1 spiro atoms. The molecule has 46 heavy (non-hydrogen) atoms. The topological polar surface area (TPSA) is 116 Å². The second kappa shape index (κ2) is 11.1. The highest BCUT2D eigenvalue weighted by molar-refractivity contribution is 5.95. The molecule has 0 aromatic heterocycles. The summed E-state index contributed by atoms with van der Waals surface area (Å²) in [5.74, 6) is -0.185. The van der Waals surface area contributed by atoms with Crippen LogP contribution in [-0.2, 0) is 14.3 Å². The predicted octanol–water partition coefficient (Wildman–Crippen LogP) is 5.11. The largest absolute Gasteiger partial charge is 0.394 e. The first-order valence-electron chi connectivity index (χ1n) is 17.7. The fourth-order valence-corrected chi connectivity index (χ4v) is 11.3. The van der Waals surface area contributed by atoms with Crippen LogP contribution in [0.15, 0.2) is 54.1 Å². The summed E-state index contributed by atoms with van der Waals surface area (Å²) in [5.41, 5.74) is -2.11. The van der Waals surface area contributed by atoms with E-state index in [2.05, 4.69) is 50.3 Å². The van der Waals surface area contributed by atoms with Crippen molar-refractivity contribution < 1.29 is 34.7 Å². The van der Waals surface area contributed by atoms with Crippen LogP contribution in [0.3, 0.4) is 0 Å². The van der Waals surface area contributed by atoms with Gasteiger partial charge in [0, 0.05) is 17.3 Å². The standard InChI is InChI=1S/C39H54O7/c1-23-24(2)33(46-31(23)21-40)34(42)37(5,43)32-13-16-39(44)28-19-30(41)29-20-38(15-11-26(22-45-38)25-9-7-6-8-10-25)18-17-35(29,3)27(28)12-14-36(32,39)4/h6-11,15,19,23-24,26-27,29,31-34,40,42-44H,12-14,16-18,20-22H2,1-5H3. The van der Waals surface area contributed by atoms with Gasteiger partial charge in [0.15, 0.2) is 5.78 Å². The molecule has 1 saturated heterocycles. The van der Waals surface area contributed by atoms with Crippen LogP contribution >= 0.6 is 0 Å². The summed E-state index contributed by atoms with van der Waals surface area (Å²) in [6.45, 7) is 10.5. The third-order valence-electron chi connectivity index (χ3n) is 14.7. The number of rotatable bonds is 5. The predicted molar refractivity (Wildman–Crippen MR) is 175 cm³/mol. The van der Waals surface area contributed by atoms with Gasteiger partial charge in [0.2, 0.25) is 0 Å². The third kappa shape index (κ3) is 4.55. The Labute approximate surface area is 274 Å². The maximum absolute atomic E-state index is 14.1. The number of ether oxygens (including phenoxy) is 2. The molecule has 6 aliphatic rings. The number of aliphatic hydroxyl groups excluding tert-OH is 2. The van der Waals surface area contributed by atoms with Crippen molar-refractivity contribution in [3.8, 4) is 0 Å². The van der Waals surface area contributed by atoms with E-state index in [0.29, 0.717) is 32.3 Å². The molecule has 7 rings (SSSR count). The lowest BCUT2D eigenvalue weighted by Gasteiger charge is -2.61. The Balaban J connectivity index is 1.14. The van der Waals surface area contributed by atoms with Gasteiger partial charge in [-0.1, -0.05) is 70.2 Å². The first kappa shape index (κ1) is 32.7. The van der Waals surface area contributed by atoms with Crippen molar-refractivity contribution in [3.05, 3.63) is 59.7 Å². The van der Waals surface area contributed by atoms with Crippen LogP contribution in [0.2, 0.25) is 0 Å². The summed E-state index contributed by atoms with van der Waals surface area (Å²) >= 11 is 0. The minimum absolute atomic E-state index is 0.0418. The molecule has 14 unspecified atom stereocenters. The van der Waals surface area contributed by atoms with Gasteiger partial charge < -0.3 is 29.9 Å². The van der Waals surface area contributed by atoms with Crippen LogP contribution < -0.4 is 0 Å². The third-order valence-corrected chi connectivity index (χ3v) is 14.7. The van der Waals surface area contributed by atoms with E-state index in [1.807, 2.05) is 19.9 Å². The van der Waals surface area contributed by atoms with Gasteiger partial charge in [-0.15, -0.1) is 0 Å². The molecule has 0 amide bonds. The van der Waals surface area contributed by atoms with Gasteiger partial charge in [0.05, 0.1) is 42.2 Å². The van der Waals surface area contributed by atoms with E-state index < -0.39 is 40.3 Å². The van der Waals surface area contributed by atoms with Crippen LogP contribution in [0.1, 0.15) is 91.0 Å². The normalized spacial score (nSPS) is 48.7. The van der Waals surface area contributed by atoms with Gasteiger partial charge >= 0.3 is 0 Å². The number of aliphatic hydroxyl groups is 4. The monoisotopic (exact) mass is 634 g/mol. The molecule has 2 heterocycles. The molecule has 4 N–H and O–H groups in total. The number of allylic oxidation sites excluding steroid dienone is 1. The number of benzene rings is 1. The first-order valence-corrected chi connectivity index (χ1v) is 17.7. The minimum atomic E-state index is -1.53. The van der Waals surface area contributed by atoms with Gasteiger partial charge in [-0.3, -0.25) is 4.79 Å². The molecule has 14 atom stereocenters. The van der Waals surface area contributed by atoms with Crippen molar-refractivity contribution in [1.29, 1.82) is 0 Å². The summed E-state index contributed by atoms with van der Waals surface area (Å²) in [4.78, 5) is 14.1. The molecule has 3 saturated carbocycles. The molecule has 0 radical (unpaired) electrons. The van der Waals surface area contributed by atoms with Crippen molar-refractivity contribution in [2.24, 2.45) is 40.4 Å². The number of hydrogen-bond acceptors (Lipinski definition) is 7. The molecule has 252 valence electrons. The fourth-order valence-electron chi connectivity index (χ4n) is 11.3. The van der Waals surface area contributed by atoms with E-state index in [9.17, 15) is 25.2 Å². The lowest BCUT2D eigenvalue weighted by Crippen LogP contribution is -2.63. The zero-order valence-corrected chi connectivity index (χ0v) is 28.2. The zero-order valence-electron chi connectivity index (χ0n) is 28.2. The molecule has 4 aliphatic carbocycles. The van der Waals surface area contributed by atoms with Gasteiger partial charge in [-0.05, 0) is 98.2 Å². The lowest BCUT2D eigenvalue weighted by molar-refractivity contribution is -0.198. The summed E-state index contributed by atoms with van der Waals surface area (Å²) in [6.07, 6.45) is 8.97. The summed E-state index contributed by atoms with van der Waals surface area (Å²) in [7, 11) is 0. The molecule has 2 aliphatic heterocycles. The van der Waals surface area contributed by atoms with Gasteiger partial charge in [-0.25, -0.2) is 0 Å². The highest BCUT2D eigenvalue weighted by Gasteiger charge is 2.70. The molecular formula is C39H54O7. The van der Waals surface area contributed by atoms with Gasteiger partial charge in [-0.2, -0.15) is 0 Å². The Morgan fingerprint density at radius 3 is 2.41 bits per heavy atom. The minimum Gasteiger partial charge on any atom is -0.394 e. The Bertz CT molecular complexity index is 1400. The quantitative estimate of drug-likeness (QED) is 0.333. The number of ketones is 1. The second-order valence-electron chi connectivity index (χ2n) is 16.7. The first-order chi connectivity index (χ1) is 21.7. The van der Waals surface area contributed by atoms with Crippen molar-refractivity contribution in [2.75, 3.05) is 13.2 Å². The molecule has 1 aromatic rings. The van der Waals surface area contributed by atoms with Crippen LogP contribution in [0.5, 0.6) is 0 Å². The average molecular weight is 635 g/mol. The SMILES string of the molecule is CC1C(CO)OC(C(O)C(C)(O)C2CCC3(O)C4=CC(=O)C5CC6(C=CC(c7ccccc7)CO6)CCC5(C)C4CCC23C)C1C. The Hall–Kier alpha value is -1.87. The van der Waals surface area contributed by atoms with E-state index in [-0.39, 0.29) is 53.5 Å². The van der Waals surface area contributed by atoms with E-state index in [1.165, 1.54) is 5.56 Å². The number of hydrogen-bond donors (Lipinski definition) is 4. The Kier molecular flexibility index (Phi) is 7.87. The smallest absolute Gasteiger partial charge is 0.159 e. The van der Waals surface area contributed by atoms with Crippen LogP contribution in [0.4, 0.5) is 0 Å². The van der Waals surface area contributed by atoms with Gasteiger partial charge in [0.1, 0.15) is 6.10 Å². The van der Waals surface area contributed by atoms with Crippen LogP contribution in [0.25, 0.3) is 0 Å². The molecule has 7 heteroatoms. The average Bonchev–Trinajstić information content (AvgIpc) is 3.50. The molecule has 4 fully saturated rings. The summed E-state index contributed by atoms with van der Waals surface area (Å²) < 4.78 is 12.7. The Morgan fingerprint density at radius 1 is 1.02 bits per heavy atom. The number of carbonyl (C=O) groups is 1.